The Morgan fingerprint density at radius 2 is 1.85 bits per heavy atom. The van der Waals surface area contributed by atoms with Crippen LogP contribution in [0.1, 0.15) is 15.4 Å². The van der Waals surface area contributed by atoms with Crippen molar-refractivity contribution in [2.24, 2.45) is 7.05 Å². The maximum Gasteiger partial charge on any atom is 0.437 e. The van der Waals surface area contributed by atoms with Crippen LogP contribution in [0, 0.1) is 11.6 Å². The zero-order valence-corrected chi connectivity index (χ0v) is 17.2. The quantitative estimate of drug-likeness (QED) is 0.426. The third kappa shape index (κ3) is 4.39. The first-order valence-corrected chi connectivity index (χ1v) is 9.83. The van der Waals surface area contributed by atoms with Crippen LogP contribution in [0.5, 0.6) is 0 Å². The van der Waals surface area contributed by atoms with Gasteiger partial charge in [-0.3, -0.25) is 9.78 Å². The monoisotopic (exact) mass is 482 g/mol. The number of halogens is 5. The van der Waals surface area contributed by atoms with E-state index in [2.05, 4.69) is 15.4 Å². The van der Waals surface area contributed by atoms with Gasteiger partial charge in [0.1, 0.15) is 17.3 Å². The molecule has 7 nitrogen and oxygen atoms in total. The lowest BCUT2D eigenvalue weighted by molar-refractivity contribution is -0.140. The first-order chi connectivity index (χ1) is 15.5. The number of aromatic nitrogens is 3. The minimum absolute atomic E-state index is 0.00327. The molecule has 4 rings (SSSR count). The zero-order valence-electron chi connectivity index (χ0n) is 16.4. The standard InChI is InChI=1S/C20H11F5N4O3S/c1-29-19(31)32-18(28-29)9-7-10(16(26-8-9)20(23,24)25)13-5-6-14(33-13)17(30)27-15-11(21)3-2-4-12(15)22/h2-8H,1H3,(H,27,30). The summed E-state index contributed by atoms with van der Waals surface area (Å²) < 4.78 is 74.0. The maximum atomic E-state index is 13.8. The minimum Gasteiger partial charge on any atom is -0.388 e. The molecule has 33 heavy (non-hydrogen) atoms. The van der Waals surface area contributed by atoms with Crippen LogP contribution in [0.4, 0.5) is 27.6 Å². The van der Waals surface area contributed by atoms with E-state index in [-0.39, 0.29) is 21.2 Å². The van der Waals surface area contributed by atoms with Gasteiger partial charge < -0.3 is 9.73 Å². The van der Waals surface area contributed by atoms with Gasteiger partial charge in [0.2, 0.25) is 0 Å². The van der Waals surface area contributed by atoms with Crippen LogP contribution >= 0.6 is 11.3 Å². The van der Waals surface area contributed by atoms with E-state index in [4.69, 9.17) is 4.42 Å². The van der Waals surface area contributed by atoms with Gasteiger partial charge >= 0.3 is 11.9 Å². The maximum absolute atomic E-state index is 13.8. The predicted molar refractivity (Wildman–Crippen MR) is 108 cm³/mol. The largest absolute Gasteiger partial charge is 0.437 e. The summed E-state index contributed by atoms with van der Waals surface area (Å²) in [7, 11) is 1.30. The van der Waals surface area contributed by atoms with Gasteiger partial charge in [-0.05, 0) is 30.3 Å². The first kappa shape index (κ1) is 22.3. The van der Waals surface area contributed by atoms with E-state index < -0.39 is 46.4 Å². The molecule has 0 radical (unpaired) electrons. The van der Waals surface area contributed by atoms with E-state index in [1.165, 1.54) is 19.2 Å². The topological polar surface area (TPSA) is 90.0 Å². The van der Waals surface area contributed by atoms with E-state index in [1.54, 1.807) is 0 Å². The molecule has 13 heteroatoms. The van der Waals surface area contributed by atoms with Gasteiger partial charge in [-0.2, -0.15) is 17.9 Å². The number of nitrogens with one attached hydrogen (secondary N) is 1. The molecule has 0 fully saturated rings. The van der Waals surface area contributed by atoms with Crippen molar-refractivity contribution in [3.63, 3.8) is 0 Å². The highest BCUT2D eigenvalue weighted by Crippen LogP contribution is 2.40. The molecule has 1 aromatic carbocycles. The number of hydrogen-bond donors (Lipinski definition) is 1. The molecule has 0 aliphatic carbocycles. The Hall–Kier alpha value is -3.87. The third-order valence-corrected chi connectivity index (χ3v) is 5.51. The van der Waals surface area contributed by atoms with Crippen LogP contribution in [0.2, 0.25) is 0 Å². The van der Waals surface area contributed by atoms with E-state index in [0.29, 0.717) is 11.3 Å². The Kier molecular flexibility index (Phi) is 5.57. The normalized spacial score (nSPS) is 11.6. The molecule has 3 heterocycles. The van der Waals surface area contributed by atoms with E-state index in [9.17, 15) is 31.5 Å². The van der Waals surface area contributed by atoms with Gasteiger partial charge in [0.05, 0.1) is 10.4 Å². The summed E-state index contributed by atoms with van der Waals surface area (Å²) in [6, 6.07) is 6.53. The van der Waals surface area contributed by atoms with Gasteiger partial charge in [0.25, 0.3) is 11.8 Å². The number of benzene rings is 1. The highest BCUT2D eigenvalue weighted by molar-refractivity contribution is 7.17. The second-order valence-corrected chi connectivity index (χ2v) is 7.71. The summed E-state index contributed by atoms with van der Waals surface area (Å²) in [5.74, 6) is -3.98. The first-order valence-electron chi connectivity index (χ1n) is 9.02. The van der Waals surface area contributed by atoms with Crippen molar-refractivity contribution in [3.05, 3.63) is 75.4 Å². The van der Waals surface area contributed by atoms with Crippen molar-refractivity contribution >= 4 is 22.9 Å². The Bertz CT molecular complexity index is 1400. The number of alkyl halides is 3. The molecule has 4 aromatic rings. The lowest BCUT2D eigenvalue weighted by Crippen LogP contribution is -2.12. The highest BCUT2D eigenvalue weighted by Gasteiger charge is 2.36. The Morgan fingerprint density at radius 1 is 1.15 bits per heavy atom. The fourth-order valence-corrected chi connectivity index (χ4v) is 3.77. The molecule has 0 saturated carbocycles. The molecule has 1 N–H and O–H groups in total. The summed E-state index contributed by atoms with van der Waals surface area (Å²) >= 11 is 0.653. The summed E-state index contributed by atoms with van der Waals surface area (Å²) in [4.78, 5) is 27.3. The molecule has 170 valence electrons. The number of pyridine rings is 1. The molecule has 0 aliphatic rings. The number of amides is 1. The molecule has 3 aromatic heterocycles. The van der Waals surface area contributed by atoms with Crippen LogP contribution in [0.3, 0.4) is 0 Å². The highest BCUT2D eigenvalue weighted by atomic mass is 32.1. The minimum atomic E-state index is -4.83. The number of carbonyl (C=O) groups excluding carboxylic acids is 1. The van der Waals surface area contributed by atoms with Crippen LogP contribution < -0.4 is 11.1 Å². The molecule has 0 unspecified atom stereocenters. The zero-order chi connectivity index (χ0) is 23.9. The summed E-state index contributed by atoms with van der Waals surface area (Å²) in [5, 5.41) is 5.86. The van der Waals surface area contributed by atoms with Crippen LogP contribution in [0.25, 0.3) is 21.9 Å². The number of hydrogen-bond acceptors (Lipinski definition) is 6. The summed E-state index contributed by atoms with van der Waals surface area (Å²) in [6.07, 6.45) is -3.97. The molecular weight excluding hydrogens is 471 g/mol. The van der Waals surface area contributed by atoms with Gasteiger partial charge in [-0.15, -0.1) is 16.4 Å². The van der Waals surface area contributed by atoms with E-state index in [1.807, 2.05) is 0 Å². The predicted octanol–water partition coefficient (Wildman–Crippen LogP) is 4.71. The molecule has 0 bridgehead atoms. The van der Waals surface area contributed by atoms with Crippen molar-refractivity contribution < 1.29 is 31.2 Å². The van der Waals surface area contributed by atoms with Gasteiger partial charge in [-0.25, -0.2) is 13.6 Å². The fourth-order valence-electron chi connectivity index (χ4n) is 2.86. The van der Waals surface area contributed by atoms with Gasteiger partial charge in [0.15, 0.2) is 5.69 Å². The lowest BCUT2D eigenvalue weighted by Gasteiger charge is -2.11. The third-order valence-electron chi connectivity index (χ3n) is 4.39. The van der Waals surface area contributed by atoms with Crippen LogP contribution in [-0.4, -0.2) is 20.7 Å². The van der Waals surface area contributed by atoms with E-state index in [0.717, 1.165) is 35.1 Å². The van der Waals surface area contributed by atoms with Crippen molar-refractivity contribution in [2.45, 2.75) is 6.18 Å². The second kappa shape index (κ2) is 8.24. The van der Waals surface area contributed by atoms with E-state index >= 15 is 0 Å². The van der Waals surface area contributed by atoms with Crippen molar-refractivity contribution in [1.29, 1.82) is 0 Å². The lowest BCUT2D eigenvalue weighted by atomic mass is 10.1. The molecule has 0 saturated heterocycles. The Balaban J connectivity index is 1.73. The molecule has 1 amide bonds. The Labute approximate surface area is 185 Å². The number of para-hydroxylation sites is 1. The smallest absolute Gasteiger partial charge is 0.388 e. The number of rotatable bonds is 4. The SMILES string of the molecule is Cn1nc(-c2cnc(C(F)(F)F)c(-c3ccc(C(=O)Nc4c(F)cccc4F)s3)c2)oc1=O. The molecule has 0 atom stereocenters. The molecule has 0 aliphatic heterocycles. The van der Waals surface area contributed by atoms with Crippen molar-refractivity contribution in [2.75, 3.05) is 5.32 Å². The van der Waals surface area contributed by atoms with Crippen molar-refractivity contribution in [1.82, 2.24) is 14.8 Å². The van der Waals surface area contributed by atoms with Crippen molar-refractivity contribution in [3.8, 4) is 21.9 Å². The number of anilines is 1. The van der Waals surface area contributed by atoms with Crippen LogP contribution in [-0.2, 0) is 13.2 Å². The van der Waals surface area contributed by atoms with Crippen LogP contribution in [0.15, 0.2) is 51.8 Å². The fraction of sp³-hybridized carbons (Fsp3) is 0.100. The number of thiophene rings is 1. The number of nitrogens with zero attached hydrogens (tertiary/aromatic N) is 3. The summed E-state index contributed by atoms with van der Waals surface area (Å²) in [6.45, 7) is 0. The average Bonchev–Trinajstić information content (AvgIpc) is 3.37. The number of aryl methyl sites for hydroxylation is 1. The van der Waals surface area contributed by atoms with Gasteiger partial charge in [-0.1, -0.05) is 6.07 Å². The van der Waals surface area contributed by atoms with Gasteiger partial charge in [0, 0.05) is 23.7 Å². The average molecular weight is 482 g/mol. The molecular formula is C20H11F5N4O3S. The molecule has 0 spiro atoms. The number of carbonyl (C=O) groups is 1. The Morgan fingerprint density at radius 3 is 2.45 bits per heavy atom. The second-order valence-electron chi connectivity index (χ2n) is 6.63. The summed E-state index contributed by atoms with van der Waals surface area (Å²) in [5.41, 5.74) is -2.31.